The fourth-order valence-electron chi connectivity index (χ4n) is 4.93. The van der Waals surface area contributed by atoms with Crippen LogP contribution >= 0.6 is 0 Å². The van der Waals surface area contributed by atoms with Crippen molar-refractivity contribution in [3.8, 4) is 0 Å². The average molecular weight is 524 g/mol. The quantitative estimate of drug-likeness (QED) is 0.311. The van der Waals surface area contributed by atoms with Crippen LogP contribution in [0, 0.1) is 0 Å². The molecular formula is C31H33N5O3. The third kappa shape index (κ3) is 5.85. The molecule has 200 valence electrons. The first-order chi connectivity index (χ1) is 18.5. The lowest BCUT2D eigenvalue weighted by molar-refractivity contribution is 0.0174. The zero-order valence-electron chi connectivity index (χ0n) is 22.9. The van der Waals surface area contributed by atoms with Crippen LogP contribution in [-0.4, -0.2) is 39.0 Å². The number of hydrogen-bond acceptors (Lipinski definition) is 6. The van der Waals surface area contributed by atoms with E-state index in [2.05, 4.69) is 34.4 Å². The highest BCUT2D eigenvalue weighted by Crippen LogP contribution is 2.35. The minimum atomic E-state index is -0.573. The molecule has 0 aliphatic carbocycles. The maximum absolute atomic E-state index is 13.4. The molecule has 0 bridgehead atoms. The Morgan fingerprint density at radius 1 is 0.974 bits per heavy atom. The van der Waals surface area contributed by atoms with Gasteiger partial charge < -0.3 is 20.3 Å². The Morgan fingerprint density at radius 3 is 2.56 bits per heavy atom. The summed E-state index contributed by atoms with van der Waals surface area (Å²) >= 11 is 0. The molecule has 2 N–H and O–H groups in total. The second-order valence-electron chi connectivity index (χ2n) is 11.5. The van der Waals surface area contributed by atoms with Crippen molar-refractivity contribution in [1.29, 1.82) is 0 Å². The summed E-state index contributed by atoms with van der Waals surface area (Å²) in [6.45, 7) is 10.8. The Labute approximate surface area is 228 Å². The van der Waals surface area contributed by atoms with Gasteiger partial charge in [0.25, 0.3) is 5.91 Å². The van der Waals surface area contributed by atoms with E-state index in [-0.39, 0.29) is 17.4 Å². The van der Waals surface area contributed by atoms with Gasteiger partial charge in [-0.2, -0.15) is 0 Å². The van der Waals surface area contributed by atoms with Crippen LogP contribution in [0.4, 0.5) is 22.0 Å². The summed E-state index contributed by atoms with van der Waals surface area (Å²) in [4.78, 5) is 36.5. The number of fused-ring (bicyclic) bond motifs is 2. The summed E-state index contributed by atoms with van der Waals surface area (Å²) in [6.07, 6.45) is 4.86. The maximum atomic E-state index is 13.4. The smallest absolute Gasteiger partial charge is 0.410 e. The van der Waals surface area contributed by atoms with E-state index in [9.17, 15) is 9.59 Å². The normalized spacial score (nSPS) is 14.4. The van der Waals surface area contributed by atoms with E-state index in [4.69, 9.17) is 4.74 Å². The van der Waals surface area contributed by atoms with Gasteiger partial charge >= 0.3 is 6.09 Å². The van der Waals surface area contributed by atoms with E-state index < -0.39 is 5.60 Å². The number of ether oxygens (including phenoxy) is 1. The lowest BCUT2D eigenvalue weighted by Crippen LogP contribution is -2.46. The van der Waals surface area contributed by atoms with E-state index in [0.717, 1.165) is 27.6 Å². The standard InChI is InChI=1S/C31H33N5O3/c1-30(2,3)39-29(38)36-18-22-16-24(10-11-26(22)31(4,5)19-36)35-28(37)25-7-6-13-33-27(25)34-23-9-8-20-12-14-32-17-21(20)15-23/h6-17H,18-19H2,1-5H3,(H,33,34)(H,35,37). The van der Waals surface area contributed by atoms with Gasteiger partial charge in [0.1, 0.15) is 11.4 Å². The van der Waals surface area contributed by atoms with Crippen LogP contribution < -0.4 is 10.6 Å². The highest BCUT2D eigenvalue weighted by atomic mass is 16.6. The molecule has 4 aromatic rings. The summed E-state index contributed by atoms with van der Waals surface area (Å²) in [5.41, 5.74) is 3.16. The lowest BCUT2D eigenvalue weighted by atomic mass is 9.78. The number of carbonyl (C=O) groups is 2. The van der Waals surface area contributed by atoms with E-state index >= 15 is 0 Å². The Bertz CT molecular complexity index is 1560. The number of carbonyl (C=O) groups excluding carboxylic acids is 2. The third-order valence-corrected chi connectivity index (χ3v) is 6.65. The molecule has 0 unspecified atom stereocenters. The molecule has 0 saturated carbocycles. The van der Waals surface area contributed by atoms with E-state index in [1.54, 1.807) is 35.6 Å². The van der Waals surface area contributed by atoms with Crippen LogP contribution in [0.5, 0.6) is 0 Å². The van der Waals surface area contributed by atoms with Crippen molar-refractivity contribution < 1.29 is 14.3 Å². The summed E-state index contributed by atoms with van der Waals surface area (Å²) in [5.74, 6) is 0.167. The van der Waals surface area contributed by atoms with Gasteiger partial charge in [0.2, 0.25) is 0 Å². The molecule has 2 aromatic heterocycles. The number of rotatable bonds is 4. The van der Waals surface area contributed by atoms with Crippen molar-refractivity contribution >= 4 is 40.0 Å². The van der Waals surface area contributed by atoms with Crippen LogP contribution in [-0.2, 0) is 16.7 Å². The first-order valence-electron chi connectivity index (χ1n) is 13.0. The summed E-state index contributed by atoms with van der Waals surface area (Å²) in [5, 5.41) is 8.35. The monoisotopic (exact) mass is 523 g/mol. The van der Waals surface area contributed by atoms with Gasteiger partial charge in [-0.1, -0.05) is 26.0 Å². The number of nitrogens with zero attached hydrogens (tertiary/aromatic N) is 3. The SMILES string of the molecule is CC(C)(C)OC(=O)N1Cc2cc(NC(=O)c3cccnc3Nc3ccc4ccncc4c3)ccc2C(C)(C)C1. The highest BCUT2D eigenvalue weighted by Gasteiger charge is 2.35. The fraction of sp³-hybridized carbons (Fsp3) is 0.290. The molecule has 2 aromatic carbocycles. The predicted octanol–water partition coefficient (Wildman–Crippen LogP) is 6.65. The Balaban J connectivity index is 1.36. The minimum Gasteiger partial charge on any atom is -0.444 e. The van der Waals surface area contributed by atoms with Crippen molar-refractivity contribution in [2.75, 3.05) is 17.2 Å². The molecule has 3 heterocycles. The molecule has 1 aliphatic rings. The van der Waals surface area contributed by atoms with Crippen molar-refractivity contribution in [1.82, 2.24) is 14.9 Å². The van der Waals surface area contributed by atoms with Crippen LogP contribution in [0.1, 0.15) is 56.1 Å². The number of nitrogens with one attached hydrogen (secondary N) is 2. The third-order valence-electron chi connectivity index (χ3n) is 6.65. The first-order valence-corrected chi connectivity index (χ1v) is 13.0. The molecule has 0 atom stereocenters. The number of hydrogen-bond donors (Lipinski definition) is 2. The molecule has 1 aliphatic heterocycles. The highest BCUT2D eigenvalue weighted by molar-refractivity contribution is 6.08. The number of anilines is 3. The molecule has 8 nitrogen and oxygen atoms in total. The molecule has 0 fully saturated rings. The molecule has 0 spiro atoms. The van der Waals surface area contributed by atoms with Crippen LogP contribution in [0.3, 0.4) is 0 Å². The Morgan fingerprint density at radius 2 is 1.77 bits per heavy atom. The average Bonchev–Trinajstić information content (AvgIpc) is 2.87. The van der Waals surface area contributed by atoms with E-state index in [1.165, 1.54) is 0 Å². The second-order valence-corrected chi connectivity index (χ2v) is 11.5. The van der Waals surface area contributed by atoms with Crippen molar-refractivity contribution in [3.63, 3.8) is 0 Å². The largest absolute Gasteiger partial charge is 0.444 e. The molecule has 2 amide bonds. The number of pyridine rings is 2. The lowest BCUT2D eigenvalue weighted by Gasteiger charge is -2.40. The number of aromatic nitrogens is 2. The maximum Gasteiger partial charge on any atom is 0.410 e. The Kier molecular flexibility index (Phi) is 6.72. The van der Waals surface area contributed by atoms with Gasteiger partial charge in [-0.15, -0.1) is 0 Å². The minimum absolute atomic E-state index is 0.261. The summed E-state index contributed by atoms with van der Waals surface area (Å²) in [6, 6.07) is 17.2. The number of benzene rings is 2. The van der Waals surface area contributed by atoms with Gasteiger partial charge in [-0.05, 0) is 79.7 Å². The van der Waals surface area contributed by atoms with Gasteiger partial charge in [0.15, 0.2) is 0 Å². The number of amides is 2. The van der Waals surface area contributed by atoms with Gasteiger partial charge in [0.05, 0.1) is 5.56 Å². The molecule has 5 rings (SSSR count). The first kappa shape index (κ1) is 26.2. The Hall–Kier alpha value is -4.46. The van der Waals surface area contributed by atoms with Crippen LogP contribution in [0.2, 0.25) is 0 Å². The van der Waals surface area contributed by atoms with E-state index in [1.807, 2.05) is 63.2 Å². The molecule has 0 saturated heterocycles. The van der Waals surface area contributed by atoms with Gasteiger partial charge in [-0.3, -0.25) is 9.78 Å². The molecule has 39 heavy (non-hydrogen) atoms. The zero-order valence-corrected chi connectivity index (χ0v) is 22.9. The van der Waals surface area contributed by atoms with Gasteiger partial charge in [-0.25, -0.2) is 9.78 Å². The molecule has 8 heteroatoms. The summed E-state index contributed by atoms with van der Waals surface area (Å²) in [7, 11) is 0. The predicted molar refractivity (Wildman–Crippen MR) is 153 cm³/mol. The zero-order chi connectivity index (χ0) is 27.8. The fourth-order valence-corrected chi connectivity index (χ4v) is 4.93. The van der Waals surface area contributed by atoms with Crippen LogP contribution in [0.15, 0.2) is 73.2 Å². The van der Waals surface area contributed by atoms with E-state index in [0.29, 0.717) is 30.2 Å². The summed E-state index contributed by atoms with van der Waals surface area (Å²) < 4.78 is 5.62. The van der Waals surface area contributed by atoms with Crippen molar-refractivity contribution in [3.05, 3.63) is 89.9 Å². The van der Waals surface area contributed by atoms with Crippen LogP contribution in [0.25, 0.3) is 10.8 Å². The second kappa shape index (κ2) is 10.0. The topological polar surface area (TPSA) is 96.5 Å². The molecular weight excluding hydrogens is 490 g/mol. The van der Waals surface area contributed by atoms with Gasteiger partial charge in [0, 0.05) is 53.9 Å². The van der Waals surface area contributed by atoms with Crippen molar-refractivity contribution in [2.24, 2.45) is 0 Å². The molecule has 0 radical (unpaired) electrons. The van der Waals surface area contributed by atoms with Crippen molar-refractivity contribution in [2.45, 2.75) is 52.2 Å².